The Morgan fingerprint density at radius 3 is 2.40 bits per heavy atom. The SMILES string of the molecule is CCc1cccc2c(C(C)=O)cccc12. The van der Waals surface area contributed by atoms with Gasteiger partial charge in [-0.1, -0.05) is 43.3 Å². The molecule has 0 radical (unpaired) electrons. The van der Waals surface area contributed by atoms with E-state index in [-0.39, 0.29) is 5.78 Å². The summed E-state index contributed by atoms with van der Waals surface area (Å²) in [6, 6.07) is 12.1. The summed E-state index contributed by atoms with van der Waals surface area (Å²) in [7, 11) is 0. The van der Waals surface area contributed by atoms with Gasteiger partial charge in [-0.15, -0.1) is 0 Å². The number of rotatable bonds is 2. The molecule has 0 aliphatic rings. The van der Waals surface area contributed by atoms with Crippen LogP contribution in [0.15, 0.2) is 36.4 Å². The van der Waals surface area contributed by atoms with E-state index in [0.717, 1.165) is 17.4 Å². The van der Waals surface area contributed by atoms with Crippen molar-refractivity contribution in [3.63, 3.8) is 0 Å². The third kappa shape index (κ3) is 1.65. The highest BCUT2D eigenvalue weighted by atomic mass is 16.1. The topological polar surface area (TPSA) is 17.1 Å². The number of fused-ring (bicyclic) bond motifs is 1. The molecule has 2 aromatic carbocycles. The van der Waals surface area contributed by atoms with E-state index in [1.54, 1.807) is 6.92 Å². The number of hydrogen-bond donors (Lipinski definition) is 0. The third-order valence-electron chi connectivity index (χ3n) is 2.77. The summed E-state index contributed by atoms with van der Waals surface area (Å²) in [4.78, 5) is 11.5. The van der Waals surface area contributed by atoms with Gasteiger partial charge in [0.05, 0.1) is 0 Å². The molecule has 0 bridgehead atoms. The highest BCUT2D eigenvalue weighted by Gasteiger charge is 2.06. The lowest BCUT2D eigenvalue weighted by atomic mass is 9.97. The number of benzene rings is 2. The van der Waals surface area contributed by atoms with E-state index in [4.69, 9.17) is 0 Å². The number of ketones is 1. The summed E-state index contributed by atoms with van der Waals surface area (Å²) in [5.41, 5.74) is 2.12. The van der Waals surface area contributed by atoms with Crippen LogP contribution < -0.4 is 0 Å². The highest BCUT2D eigenvalue weighted by Crippen LogP contribution is 2.23. The molecular formula is C14H14O. The highest BCUT2D eigenvalue weighted by molar-refractivity contribution is 6.07. The van der Waals surface area contributed by atoms with Crippen LogP contribution in [0.3, 0.4) is 0 Å². The molecule has 1 heteroatoms. The van der Waals surface area contributed by atoms with Gasteiger partial charge in [-0.2, -0.15) is 0 Å². The van der Waals surface area contributed by atoms with Crippen molar-refractivity contribution in [3.8, 4) is 0 Å². The molecule has 0 aromatic heterocycles. The van der Waals surface area contributed by atoms with Gasteiger partial charge in [-0.3, -0.25) is 4.79 Å². The van der Waals surface area contributed by atoms with Gasteiger partial charge in [0.25, 0.3) is 0 Å². The van der Waals surface area contributed by atoms with Crippen LogP contribution in [0, 0.1) is 0 Å². The van der Waals surface area contributed by atoms with Gasteiger partial charge >= 0.3 is 0 Å². The number of carbonyl (C=O) groups is 1. The van der Waals surface area contributed by atoms with Crippen LogP contribution in [-0.4, -0.2) is 5.78 Å². The first kappa shape index (κ1) is 9.91. The average Bonchev–Trinajstić information content (AvgIpc) is 2.27. The third-order valence-corrected chi connectivity index (χ3v) is 2.77. The van der Waals surface area contributed by atoms with Crippen molar-refractivity contribution in [2.75, 3.05) is 0 Å². The normalized spacial score (nSPS) is 10.5. The van der Waals surface area contributed by atoms with E-state index < -0.39 is 0 Å². The molecule has 0 fully saturated rings. The summed E-state index contributed by atoms with van der Waals surface area (Å²) in [5, 5.41) is 2.28. The maximum absolute atomic E-state index is 11.5. The van der Waals surface area contributed by atoms with Gasteiger partial charge in [0.2, 0.25) is 0 Å². The largest absolute Gasteiger partial charge is 0.294 e. The molecule has 76 valence electrons. The molecule has 0 heterocycles. The fourth-order valence-electron chi connectivity index (χ4n) is 1.99. The van der Waals surface area contributed by atoms with Crippen molar-refractivity contribution in [2.24, 2.45) is 0 Å². The lowest BCUT2D eigenvalue weighted by Crippen LogP contribution is -1.94. The fourth-order valence-corrected chi connectivity index (χ4v) is 1.99. The van der Waals surface area contributed by atoms with Crippen LogP contribution in [0.4, 0.5) is 0 Å². The van der Waals surface area contributed by atoms with Crippen molar-refractivity contribution in [3.05, 3.63) is 47.5 Å². The molecule has 0 N–H and O–H groups in total. The number of hydrogen-bond acceptors (Lipinski definition) is 1. The molecule has 1 nitrogen and oxygen atoms in total. The predicted octanol–water partition coefficient (Wildman–Crippen LogP) is 3.60. The van der Waals surface area contributed by atoms with Gasteiger partial charge in [-0.05, 0) is 29.7 Å². The first-order valence-corrected chi connectivity index (χ1v) is 5.25. The van der Waals surface area contributed by atoms with E-state index in [1.165, 1.54) is 10.9 Å². The van der Waals surface area contributed by atoms with Crippen molar-refractivity contribution < 1.29 is 4.79 Å². The molecular weight excluding hydrogens is 184 g/mol. The van der Waals surface area contributed by atoms with E-state index in [2.05, 4.69) is 19.1 Å². The van der Waals surface area contributed by atoms with Crippen molar-refractivity contribution >= 4 is 16.6 Å². The minimum atomic E-state index is 0.133. The Morgan fingerprint density at radius 2 is 1.73 bits per heavy atom. The van der Waals surface area contributed by atoms with E-state index in [0.29, 0.717) is 0 Å². The zero-order valence-electron chi connectivity index (χ0n) is 9.08. The molecule has 2 rings (SSSR count). The summed E-state index contributed by atoms with van der Waals surface area (Å²) in [6.45, 7) is 3.75. The lowest BCUT2D eigenvalue weighted by molar-refractivity contribution is 0.101. The van der Waals surface area contributed by atoms with Gasteiger partial charge in [-0.25, -0.2) is 0 Å². The zero-order valence-corrected chi connectivity index (χ0v) is 9.08. The molecule has 0 saturated heterocycles. The summed E-state index contributed by atoms with van der Waals surface area (Å²) >= 11 is 0. The van der Waals surface area contributed by atoms with Gasteiger partial charge in [0, 0.05) is 5.56 Å². The van der Waals surface area contributed by atoms with Crippen LogP contribution in [0.25, 0.3) is 10.8 Å². The van der Waals surface area contributed by atoms with Crippen molar-refractivity contribution in [2.45, 2.75) is 20.3 Å². The van der Waals surface area contributed by atoms with Crippen LogP contribution in [-0.2, 0) is 6.42 Å². The maximum Gasteiger partial charge on any atom is 0.160 e. The number of aryl methyl sites for hydroxylation is 1. The monoisotopic (exact) mass is 198 g/mol. The lowest BCUT2D eigenvalue weighted by Gasteiger charge is -2.06. The molecule has 2 aromatic rings. The number of Topliss-reactive ketones (excluding diaryl/α,β-unsaturated/α-hetero) is 1. The van der Waals surface area contributed by atoms with Crippen molar-refractivity contribution in [1.29, 1.82) is 0 Å². The van der Waals surface area contributed by atoms with Crippen molar-refractivity contribution in [1.82, 2.24) is 0 Å². The average molecular weight is 198 g/mol. The van der Waals surface area contributed by atoms with Crippen LogP contribution in [0.2, 0.25) is 0 Å². The minimum absolute atomic E-state index is 0.133. The van der Waals surface area contributed by atoms with Gasteiger partial charge in [0.1, 0.15) is 0 Å². The Kier molecular flexibility index (Phi) is 2.55. The van der Waals surface area contributed by atoms with Gasteiger partial charge < -0.3 is 0 Å². The molecule has 0 aliphatic heterocycles. The second kappa shape index (κ2) is 3.85. The molecule has 0 unspecified atom stereocenters. The summed E-state index contributed by atoms with van der Waals surface area (Å²) < 4.78 is 0. The molecule has 0 amide bonds. The summed E-state index contributed by atoms with van der Waals surface area (Å²) in [5.74, 6) is 0.133. The standard InChI is InChI=1S/C14H14O/c1-3-11-6-4-9-14-12(10(2)15)7-5-8-13(11)14/h4-9H,3H2,1-2H3. The quantitative estimate of drug-likeness (QED) is 0.674. The Hall–Kier alpha value is -1.63. The minimum Gasteiger partial charge on any atom is -0.294 e. The second-order valence-electron chi connectivity index (χ2n) is 3.73. The maximum atomic E-state index is 11.5. The van der Waals surface area contributed by atoms with Crippen LogP contribution in [0.1, 0.15) is 29.8 Å². The number of carbonyl (C=O) groups excluding carboxylic acids is 1. The second-order valence-corrected chi connectivity index (χ2v) is 3.73. The smallest absolute Gasteiger partial charge is 0.160 e. The summed E-state index contributed by atoms with van der Waals surface area (Å²) in [6.07, 6.45) is 0.999. The van der Waals surface area contributed by atoms with Gasteiger partial charge in [0.15, 0.2) is 5.78 Å². The van der Waals surface area contributed by atoms with Crippen LogP contribution in [0.5, 0.6) is 0 Å². The molecule has 0 saturated carbocycles. The van der Waals surface area contributed by atoms with E-state index >= 15 is 0 Å². The Bertz CT molecular complexity index is 512. The molecule has 0 aliphatic carbocycles. The molecule has 15 heavy (non-hydrogen) atoms. The first-order valence-electron chi connectivity index (χ1n) is 5.25. The Labute approximate surface area is 89.7 Å². The predicted molar refractivity (Wildman–Crippen MR) is 63.3 cm³/mol. The fraction of sp³-hybridized carbons (Fsp3) is 0.214. The Balaban J connectivity index is 2.82. The van der Waals surface area contributed by atoms with Crippen LogP contribution >= 0.6 is 0 Å². The van der Waals surface area contributed by atoms with E-state index in [1.807, 2.05) is 24.3 Å². The first-order chi connectivity index (χ1) is 7.24. The molecule has 0 atom stereocenters. The van der Waals surface area contributed by atoms with E-state index in [9.17, 15) is 4.79 Å². The Morgan fingerprint density at radius 1 is 1.07 bits per heavy atom. The zero-order chi connectivity index (χ0) is 10.8. The molecule has 0 spiro atoms.